The molecule has 0 rings (SSSR count). The quantitative estimate of drug-likeness (QED) is 0.520. The minimum absolute atomic E-state index is 0.211. The van der Waals surface area contributed by atoms with Crippen LogP contribution in [0.15, 0.2) is 12.2 Å². The minimum Gasteiger partial charge on any atom is -0.479 e. The van der Waals surface area contributed by atoms with Crippen LogP contribution >= 0.6 is 0 Å². The van der Waals surface area contributed by atoms with Gasteiger partial charge < -0.3 is 9.84 Å². The van der Waals surface area contributed by atoms with Gasteiger partial charge in [-0.05, 0) is 13.3 Å². The van der Waals surface area contributed by atoms with Crippen LogP contribution in [0.4, 0.5) is 0 Å². The normalized spacial score (nSPS) is 11.8. The second-order valence-electron chi connectivity index (χ2n) is 2.80. The van der Waals surface area contributed by atoms with Crippen molar-refractivity contribution in [1.29, 1.82) is 0 Å². The summed E-state index contributed by atoms with van der Waals surface area (Å²) in [6.45, 7) is 6.66. The number of rotatable bonds is 5. The molecular formula is C9H14O4. The lowest BCUT2D eigenvalue weighted by Gasteiger charge is -2.12. The van der Waals surface area contributed by atoms with Gasteiger partial charge in [0.2, 0.25) is 0 Å². The molecule has 0 aromatic rings. The van der Waals surface area contributed by atoms with Gasteiger partial charge in [-0.3, -0.25) is 0 Å². The van der Waals surface area contributed by atoms with Gasteiger partial charge in [0.25, 0.3) is 0 Å². The Morgan fingerprint density at radius 3 is 2.38 bits per heavy atom. The van der Waals surface area contributed by atoms with E-state index in [1.54, 1.807) is 0 Å². The Bertz CT molecular complexity index is 220. The van der Waals surface area contributed by atoms with Gasteiger partial charge in [-0.1, -0.05) is 19.9 Å². The molecule has 0 saturated heterocycles. The van der Waals surface area contributed by atoms with Crippen LogP contribution in [-0.2, 0) is 14.3 Å². The maximum atomic E-state index is 10.9. The first-order chi connectivity index (χ1) is 5.99. The fraction of sp³-hybridized carbons (Fsp3) is 0.556. The van der Waals surface area contributed by atoms with Crippen molar-refractivity contribution in [2.45, 2.75) is 32.8 Å². The largest absolute Gasteiger partial charge is 0.479 e. The highest BCUT2D eigenvalue weighted by Crippen LogP contribution is 2.05. The summed E-state index contributed by atoms with van der Waals surface area (Å²) in [4.78, 5) is 21.5. The number of carboxylic acids is 1. The van der Waals surface area contributed by atoms with Crippen molar-refractivity contribution in [3.05, 3.63) is 12.2 Å². The summed E-state index contributed by atoms with van der Waals surface area (Å²) in [6.07, 6.45) is -0.0661. The lowest BCUT2D eigenvalue weighted by atomic mass is 10.2. The summed E-state index contributed by atoms with van der Waals surface area (Å²) in [6, 6.07) is 0. The number of esters is 1. The standard InChI is InChI=1S/C9H14O4/c1-4-5-7(8(10)11)13-9(12)6(2)3/h7H,2,4-5H2,1,3H3,(H,10,11). The van der Waals surface area contributed by atoms with Crippen LogP contribution < -0.4 is 0 Å². The molecule has 1 atom stereocenters. The summed E-state index contributed by atoms with van der Waals surface area (Å²) in [5.41, 5.74) is 0.211. The first-order valence-electron chi connectivity index (χ1n) is 4.08. The fourth-order valence-corrected chi connectivity index (χ4v) is 0.725. The molecule has 4 nitrogen and oxygen atoms in total. The smallest absolute Gasteiger partial charge is 0.345 e. The summed E-state index contributed by atoms with van der Waals surface area (Å²) < 4.78 is 4.68. The molecule has 0 aliphatic heterocycles. The summed E-state index contributed by atoms with van der Waals surface area (Å²) in [7, 11) is 0. The van der Waals surface area contributed by atoms with Gasteiger partial charge in [-0.2, -0.15) is 0 Å². The molecule has 0 bridgehead atoms. The number of hydrogen-bond acceptors (Lipinski definition) is 3. The van der Waals surface area contributed by atoms with Crippen LogP contribution in [0.3, 0.4) is 0 Å². The van der Waals surface area contributed by atoms with Crippen molar-refractivity contribution in [1.82, 2.24) is 0 Å². The second-order valence-corrected chi connectivity index (χ2v) is 2.80. The van der Waals surface area contributed by atoms with Gasteiger partial charge in [-0.15, -0.1) is 0 Å². The molecule has 0 amide bonds. The third-order valence-electron chi connectivity index (χ3n) is 1.42. The van der Waals surface area contributed by atoms with E-state index in [4.69, 9.17) is 5.11 Å². The Morgan fingerprint density at radius 1 is 1.54 bits per heavy atom. The molecule has 74 valence electrons. The van der Waals surface area contributed by atoms with Crippen LogP contribution in [0, 0.1) is 0 Å². The molecule has 0 aromatic heterocycles. The zero-order valence-electron chi connectivity index (χ0n) is 7.87. The van der Waals surface area contributed by atoms with Gasteiger partial charge in [0.05, 0.1) is 0 Å². The van der Waals surface area contributed by atoms with E-state index in [-0.39, 0.29) is 5.57 Å². The molecule has 1 N–H and O–H groups in total. The van der Waals surface area contributed by atoms with E-state index >= 15 is 0 Å². The Morgan fingerprint density at radius 2 is 2.08 bits per heavy atom. The molecule has 0 saturated carbocycles. The third kappa shape index (κ3) is 4.30. The van der Waals surface area contributed by atoms with Crippen LogP contribution in [-0.4, -0.2) is 23.1 Å². The minimum atomic E-state index is -1.11. The Hall–Kier alpha value is -1.32. The molecule has 0 aromatic carbocycles. The van der Waals surface area contributed by atoms with E-state index in [9.17, 15) is 9.59 Å². The molecule has 0 aliphatic carbocycles. The Labute approximate surface area is 77.2 Å². The average Bonchev–Trinajstić information content (AvgIpc) is 2.03. The predicted octanol–water partition coefficient (Wildman–Crippen LogP) is 1.36. The number of hydrogen-bond donors (Lipinski definition) is 1. The average molecular weight is 186 g/mol. The van der Waals surface area contributed by atoms with Gasteiger partial charge in [0.15, 0.2) is 6.10 Å². The zero-order chi connectivity index (χ0) is 10.4. The monoisotopic (exact) mass is 186 g/mol. The van der Waals surface area contributed by atoms with E-state index in [0.717, 1.165) is 0 Å². The third-order valence-corrected chi connectivity index (χ3v) is 1.42. The van der Waals surface area contributed by atoms with E-state index < -0.39 is 18.0 Å². The van der Waals surface area contributed by atoms with E-state index in [2.05, 4.69) is 11.3 Å². The molecular weight excluding hydrogens is 172 g/mol. The number of carbonyl (C=O) groups is 2. The maximum Gasteiger partial charge on any atom is 0.345 e. The Kier molecular flexibility index (Phi) is 4.80. The molecule has 4 heteroatoms. The number of carboxylic acid groups (broad SMARTS) is 1. The van der Waals surface area contributed by atoms with Gasteiger partial charge in [0, 0.05) is 5.57 Å². The van der Waals surface area contributed by atoms with Crippen LogP contribution in [0.1, 0.15) is 26.7 Å². The first-order valence-corrected chi connectivity index (χ1v) is 4.08. The van der Waals surface area contributed by atoms with Crippen LogP contribution in [0.5, 0.6) is 0 Å². The van der Waals surface area contributed by atoms with Crippen molar-refractivity contribution in [3.63, 3.8) is 0 Å². The van der Waals surface area contributed by atoms with E-state index in [1.807, 2.05) is 6.92 Å². The van der Waals surface area contributed by atoms with Gasteiger partial charge in [-0.25, -0.2) is 9.59 Å². The number of carbonyl (C=O) groups excluding carboxylic acids is 1. The molecule has 1 unspecified atom stereocenters. The summed E-state index contributed by atoms with van der Waals surface area (Å²) in [5.74, 6) is -1.77. The number of ether oxygens (including phenoxy) is 1. The highest BCUT2D eigenvalue weighted by molar-refractivity contribution is 5.89. The van der Waals surface area contributed by atoms with Crippen molar-refractivity contribution in [2.24, 2.45) is 0 Å². The summed E-state index contributed by atoms with van der Waals surface area (Å²) >= 11 is 0. The molecule has 0 fully saturated rings. The number of aliphatic carboxylic acids is 1. The maximum absolute atomic E-state index is 10.9. The Balaban J connectivity index is 4.17. The van der Waals surface area contributed by atoms with Gasteiger partial charge in [0.1, 0.15) is 0 Å². The van der Waals surface area contributed by atoms with Crippen molar-refractivity contribution in [3.8, 4) is 0 Å². The zero-order valence-corrected chi connectivity index (χ0v) is 7.87. The molecule has 0 spiro atoms. The highest BCUT2D eigenvalue weighted by Gasteiger charge is 2.20. The lowest BCUT2D eigenvalue weighted by molar-refractivity contribution is -0.161. The molecule has 0 radical (unpaired) electrons. The fourth-order valence-electron chi connectivity index (χ4n) is 0.725. The van der Waals surface area contributed by atoms with Crippen molar-refractivity contribution >= 4 is 11.9 Å². The topological polar surface area (TPSA) is 63.6 Å². The molecule has 13 heavy (non-hydrogen) atoms. The second kappa shape index (κ2) is 5.35. The van der Waals surface area contributed by atoms with Gasteiger partial charge >= 0.3 is 11.9 Å². The lowest BCUT2D eigenvalue weighted by Crippen LogP contribution is -2.27. The summed E-state index contributed by atoms with van der Waals surface area (Å²) in [5, 5.41) is 8.63. The van der Waals surface area contributed by atoms with Crippen molar-refractivity contribution in [2.75, 3.05) is 0 Å². The molecule has 0 heterocycles. The highest BCUT2D eigenvalue weighted by atomic mass is 16.6. The van der Waals surface area contributed by atoms with Crippen molar-refractivity contribution < 1.29 is 19.4 Å². The van der Waals surface area contributed by atoms with Crippen LogP contribution in [0.25, 0.3) is 0 Å². The van der Waals surface area contributed by atoms with E-state index in [1.165, 1.54) is 6.92 Å². The molecule has 0 aliphatic rings. The van der Waals surface area contributed by atoms with E-state index in [0.29, 0.717) is 12.8 Å². The first kappa shape index (κ1) is 11.7. The SMILES string of the molecule is C=C(C)C(=O)OC(CCC)C(=O)O. The van der Waals surface area contributed by atoms with Crippen LogP contribution in [0.2, 0.25) is 0 Å². The predicted molar refractivity (Wildman–Crippen MR) is 47.2 cm³/mol.